The molecule has 2 atom stereocenters. The van der Waals surface area contributed by atoms with E-state index in [-0.39, 0.29) is 18.1 Å². The Balaban J connectivity index is 0.000000172. The van der Waals surface area contributed by atoms with Crippen molar-refractivity contribution in [2.75, 3.05) is 7.11 Å². The molecule has 2 aliphatic rings. The Hall–Kier alpha value is -4.66. The molecule has 8 rings (SSSR count). The second-order valence-electron chi connectivity index (χ2n) is 14.8. The molecule has 2 aliphatic carbocycles. The number of aryl methyl sites for hydroxylation is 2. The summed E-state index contributed by atoms with van der Waals surface area (Å²) >= 11 is 7.14. The molecule has 0 saturated carbocycles. The van der Waals surface area contributed by atoms with Crippen LogP contribution in [-0.4, -0.2) is 30.4 Å². The van der Waals surface area contributed by atoms with Crippen molar-refractivity contribution in [3.63, 3.8) is 0 Å². The third-order valence-corrected chi connectivity index (χ3v) is 12.2. The molecule has 6 aromatic rings. The van der Waals surface area contributed by atoms with Crippen LogP contribution in [0, 0.1) is 0 Å². The number of fused-ring (bicyclic) bond motifs is 2. The summed E-state index contributed by atoms with van der Waals surface area (Å²) in [7, 11) is 1.47. The maximum atomic E-state index is 13.1. The topological polar surface area (TPSA) is 67.4 Å². The number of ether oxygens (including phenoxy) is 1. The van der Waals surface area contributed by atoms with Gasteiger partial charge in [-0.1, -0.05) is 165 Å². The van der Waals surface area contributed by atoms with E-state index in [0.29, 0.717) is 19.3 Å². The molecule has 5 nitrogen and oxygen atoms in total. The molecule has 0 aliphatic heterocycles. The van der Waals surface area contributed by atoms with E-state index in [1.54, 1.807) is 0 Å². The summed E-state index contributed by atoms with van der Waals surface area (Å²) in [5.41, 5.74) is 8.32. The van der Waals surface area contributed by atoms with Gasteiger partial charge in [-0.3, -0.25) is 15.4 Å². The number of nitrogens with one attached hydrogen (secondary N) is 2. The predicted octanol–water partition coefficient (Wildman–Crippen LogP) is 10.5. The highest BCUT2D eigenvalue weighted by Gasteiger charge is 2.44. The zero-order valence-corrected chi connectivity index (χ0v) is 34.6. The van der Waals surface area contributed by atoms with E-state index in [9.17, 15) is 9.59 Å². The van der Waals surface area contributed by atoms with Crippen molar-refractivity contribution in [3.05, 3.63) is 211 Å². The van der Waals surface area contributed by atoms with E-state index < -0.39 is 11.1 Å². The summed E-state index contributed by atoms with van der Waals surface area (Å²) in [5, 5.41) is 7.45. The van der Waals surface area contributed by atoms with Crippen LogP contribution in [0.5, 0.6) is 0 Å². The van der Waals surface area contributed by atoms with Crippen LogP contribution in [0.1, 0.15) is 69.4 Å². The Morgan fingerprint density at radius 3 is 1.41 bits per heavy atom. The molecule has 0 fully saturated rings. The number of esters is 1. The highest BCUT2D eigenvalue weighted by atomic mass is 79.9. The minimum Gasteiger partial charge on any atom is -0.468 e. The van der Waals surface area contributed by atoms with Crippen LogP contribution in [0.3, 0.4) is 0 Å². The summed E-state index contributed by atoms with van der Waals surface area (Å²) < 4.78 is 7.39. The summed E-state index contributed by atoms with van der Waals surface area (Å²) in [6.45, 7) is 0. The Morgan fingerprint density at radius 2 is 0.982 bits per heavy atom. The van der Waals surface area contributed by atoms with Crippen LogP contribution < -0.4 is 10.6 Å². The molecule has 0 aromatic heterocycles. The molecule has 0 radical (unpaired) electrons. The molecule has 6 aromatic carbocycles. The first-order valence-corrected chi connectivity index (χ1v) is 20.7. The largest absolute Gasteiger partial charge is 0.468 e. The van der Waals surface area contributed by atoms with Crippen molar-refractivity contribution >= 4 is 44.1 Å². The molecule has 0 heterocycles. The number of carbonyl (C=O) groups excluding carboxylic acids is 2. The van der Waals surface area contributed by atoms with E-state index in [0.717, 1.165) is 45.6 Å². The van der Waals surface area contributed by atoms with Gasteiger partial charge in [0.15, 0.2) is 0 Å². The molecule has 0 saturated heterocycles. The van der Waals surface area contributed by atoms with Gasteiger partial charge in [-0.05, 0) is 101 Å². The fourth-order valence-corrected chi connectivity index (χ4v) is 9.04. The third-order valence-electron chi connectivity index (χ3n) is 11.2. The zero-order valence-electron chi connectivity index (χ0n) is 31.5. The minimum absolute atomic E-state index is 0.0219. The first kappa shape index (κ1) is 39.6. The molecule has 0 bridgehead atoms. The fraction of sp³-hybridized carbons (Fsp3) is 0.224. The van der Waals surface area contributed by atoms with Crippen LogP contribution in [0.25, 0.3) is 0 Å². The van der Waals surface area contributed by atoms with E-state index in [1.165, 1.54) is 40.5 Å². The van der Waals surface area contributed by atoms with Crippen LogP contribution in [0.15, 0.2) is 167 Å². The average molecular weight is 871 g/mol. The van der Waals surface area contributed by atoms with Crippen molar-refractivity contribution in [3.8, 4) is 0 Å². The number of hydrogen-bond acceptors (Lipinski definition) is 5. The van der Waals surface area contributed by atoms with Crippen molar-refractivity contribution in [2.45, 2.75) is 61.7 Å². The highest BCUT2D eigenvalue weighted by Crippen LogP contribution is 2.36. The summed E-state index contributed by atoms with van der Waals surface area (Å²) in [6.07, 6.45) is 5.68. The Labute approximate surface area is 347 Å². The van der Waals surface area contributed by atoms with Crippen molar-refractivity contribution in [2.24, 2.45) is 0 Å². The quantitative estimate of drug-likeness (QED) is 0.106. The molecule has 56 heavy (non-hydrogen) atoms. The second-order valence-corrected chi connectivity index (χ2v) is 16.7. The van der Waals surface area contributed by atoms with Gasteiger partial charge >= 0.3 is 5.97 Å². The molecule has 0 unspecified atom stereocenters. The lowest BCUT2D eigenvalue weighted by molar-refractivity contribution is -0.149. The first-order valence-electron chi connectivity index (χ1n) is 19.1. The lowest BCUT2D eigenvalue weighted by atomic mass is 9.76. The monoisotopic (exact) mass is 868 g/mol. The standard InChI is InChI=1S/C25H24BrNO2.C24H22BrNO/c1-29-24(28)25(15-14-18-12-13-22(26)16-21(18)17-25)27-23(19-8-4-2-5-9-19)20-10-6-3-7-11-20;25-22-12-11-18-13-14-24(17-27,16-21(18)15-22)26-23(19-7-3-1-4-8-19)20-9-5-2-6-10-20/h2-13,16,23,27H,14-15,17H2,1H3;1-12,15,17,23,26H,13-14,16H2/t25-;24-/m11/s1. The zero-order chi connectivity index (χ0) is 39.0. The summed E-state index contributed by atoms with van der Waals surface area (Å²) in [5.74, 6) is -0.208. The first-order chi connectivity index (χ1) is 27.3. The number of hydrogen-bond donors (Lipinski definition) is 2. The number of benzene rings is 6. The number of methoxy groups -OCH3 is 1. The van der Waals surface area contributed by atoms with Gasteiger partial charge in [0.2, 0.25) is 0 Å². The number of halogens is 2. The fourth-order valence-electron chi connectivity index (χ4n) is 8.23. The predicted molar refractivity (Wildman–Crippen MR) is 232 cm³/mol. The van der Waals surface area contributed by atoms with Gasteiger partial charge in [-0.25, -0.2) is 0 Å². The molecule has 284 valence electrons. The Kier molecular flexibility index (Phi) is 12.8. The molecular weight excluding hydrogens is 824 g/mol. The Bertz CT molecular complexity index is 2160. The summed E-state index contributed by atoms with van der Waals surface area (Å²) in [4.78, 5) is 25.4. The van der Waals surface area contributed by atoms with Gasteiger partial charge in [0, 0.05) is 15.4 Å². The smallest absolute Gasteiger partial charge is 0.326 e. The average Bonchev–Trinajstić information content (AvgIpc) is 3.25. The lowest BCUT2D eigenvalue weighted by Gasteiger charge is -2.39. The highest BCUT2D eigenvalue weighted by molar-refractivity contribution is 9.10. The molecule has 0 amide bonds. The molecule has 0 spiro atoms. The maximum absolute atomic E-state index is 13.1. The van der Waals surface area contributed by atoms with Crippen molar-refractivity contribution in [1.29, 1.82) is 0 Å². The van der Waals surface area contributed by atoms with Crippen LogP contribution in [0.2, 0.25) is 0 Å². The van der Waals surface area contributed by atoms with Crippen LogP contribution in [0.4, 0.5) is 0 Å². The van der Waals surface area contributed by atoms with E-state index in [1.807, 2.05) is 72.8 Å². The van der Waals surface area contributed by atoms with Gasteiger partial charge in [0.05, 0.1) is 24.7 Å². The van der Waals surface area contributed by atoms with Gasteiger partial charge in [0.25, 0.3) is 0 Å². The number of carbonyl (C=O) groups is 2. The summed E-state index contributed by atoms with van der Waals surface area (Å²) in [6, 6.07) is 53.9. The molecular formula is C49H46Br2N2O3. The maximum Gasteiger partial charge on any atom is 0.326 e. The normalized spacial score (nSPS) is 18.6. The van der Waals surface area contributed by atoms with Crippen LogP contribution in [-0.2, 0) is 40.0 Å². The van der Waals surface area contributed by atoms with Crippen LogP contribution >= 0.6 is 31.9 Å². The third kappa shape index (κ3) is 9.14. The van der Waals surface area contributed by atoms with E-state index in [4.69, 9.17) is 4.74 Å². The van der Waals surface area contributed by atoms with E-state index >= 15 is 0 Å². The second kappa shape index (κ2) is 18.1. The van der Waals surface area contributed by atoms with Gasteiger partial charge in [-0.15, -0.1) is 0 Å². The van der Waals surface area contributed by atoms with Crippen molar-refractivity contribution < 1.29 is 14.3 Å². The minimum atomic E-state index is -0.779. The lowest BCUT2D eigenvalue weighted by Crippen LogP contribution is -2.57. The Morgan fingerprint density at radius 1 is 0.571 bits per heavy atom. The van der Waals surface area contributed by atoms with Gasteiger partial charge in [0.1, 0.15) is 11.8 Å². The van der Waals surface area contributed by atoms with E-state index in [2.05, 4.69) is 127 Å². The van der Waals surface area contributed by atoms with Gasteiger partial charge < -0.3 is 9.53 Å². The van der Waals surface area contributed by atoms with Crippen molar-refractivity contribution in [1.82, 2.24) is 10.6 Å². The number of aldehydes is 1. The molecule has 2 N–H and O–H groups in total. The molecule has 7 heteroatoms. The number of rotatable bonds is 10. The van der Waals surface area contributed by atoms with Gasteiger partial charge in [-0.2, -0.15) is 0 Å². The SMILES string of the molecule is COC(=O)[C@@]1(NC(c2ccccc2)c2ccccc2)CCc2ccc(Br)cc2C1.O=C[C@@]1(NC(c2ccccc2)c2ccccc2)CCc2ccc(Br)cc2C1.